The Morgan fingerprint density at radius 1 is 1.00 bits per heavy atom. The van der Waals surface area contributed by atoms with Crippen LogP contribution < -0.4 is 14.8 Å². The Morgan fingerprint density at radius 3 is 2.11 bits per heavy atom. The van der Waals surface area contributed by atoms with Crippen molar-refractivity contribution in [2.24, 2.45) is 0 Å². The van der Waals surface area contributed by atoms with E-state index in [1.165, 1.54) is 20.3 Å². The number of hydrogen-bond acceptors (Lipinski definition) is 6. The number of benzene rings is 1. The highest BCUT2D eigenvalue weighted by atomic mass is 16.5. The van der Waals surface area contributed by atoms with Crippen LogP contribution in [0.2, 0.25) is 0 Å². The standard InChI is InChI=1S/C19H28N2O6/c1-12(2)21(13(3)4)17(22)11-27-18(23)10-20-19(24)14-7-8-15(25-5)16(9-14)26-6/h7-9,12-13H,10-11H2,1-6H3,(H,20,24). The number of carbonyl (C=O) groups is 3. The zero-order valence-corrected chi connectivity index (χ0v) is 16.7. The third kappa shape index (κ3) is 6.47. The Labute approximate surface area is 159 Å². The average molecular weight is 380 g/mol. The van der Waals surface area contributed by atoms with Crippen LogP contribution in [0.3, 0.4) is 0 Å². The van der Waals surface area contributed by atoms with Crippen LogP contribution in [0.25, 0.3) is 0 Å². The van der Waals surface area contributed by atoms with Crippen LogP contribution in [0.15, 0.2) is 18.2 Å². The molecule has 27 heavy (non-hydrogen) atoms. The van der Waals surface area contributed by atoms with E-state index in [4.69, 9.17) is 14.2 Å². The molecule has 0 aliphatic carbocycles. The fraction of sp³-hybridized carbons (Fsp3) is 0.526. The summed E-state index contributed by atoms with van der Waals surface area (Å²) >= 11 is 0. The first-order chi connectivity index (χ1) is 12.7. The first-order valence-electron chi connectivity index (χ1n) is 8.68. The highest BCUT2D eigenvalue weighted by Gasteiger charge is 2.21. The van der Waals surface area contributed by atoms with E-state index in [-0.39, 0.29) is 31.1 Å². The lowest BCUT2D eigenvalue weighted by Gasteiger charge is -2.30. The van der Waals surface area contributed by atoms with Crippen molar-refractivity contribution in [3.05, 3.63) is 23.8 Å². The lowest BCUT2D eigenvalue weighted by molar-refractivity contribution is -0.152. The molecule has 0 aromatic heterocycles. The van der Waals surface area contributed by atoms with Crippen molar-refractivity contribution < 1.29 is 28.6 Å². The van der Waals surface area contributed by atoms with Crippen molar-refractivity contribution in [3.63, 3.8) is 0 Å². The van der Waals surface area contributed by atoms with E-state index in [1.54, 1.807) is 17.0 Å². The molecule has 1 rings (SSSR count). The highest BCUT2D eigenvalue weighted by molar-refractivity contribution is 5.96. The van der Waals surface area contributed by atoms with Crippen molar-refractivity contribution in [2.75, 3.05) is 27.4 Å². The van der Waals surface area contributed by atoms with Gasteiger partial charge in [0.25, 0.3) is 11.8 Å². The minimum Gasteiger partial charge on any atom is -0.493 e. The summed E-state index contributed by atoms with van der Waals surface area (Å²) in [5.41, 5.74) is 0.308. The third-order valence-corrected chi connectivity index (χ3v) is 3.80. The molecule has 0 radical (unpaired) electrons. The molecule has 1 N–H and O–H groups in total. The van der Waals surface area contributed by atoms with Gasteiger partial charge in [-0.2, -0.15) is 0 Å². The van der Waals surface area contributed by atoms with E-state index >= 15 is 0 Å². The van der Waals surface area contributed by atoms with Crippen molar-refractivity contribution in [1.82, 2.24) is 10.2 Å². The van der Waals surface area contributed by atoms with Crippen LogP contribution in [0.5, 0.6) is 11.5 Å². The molecule has 0 unspecified atom stereocenters. The molecule has 1 aromatic carbocycles. The van der Waals surface area contributed by atoms with E-state index < -0.39 is 11.9 Å². The summed E-state index contributed by atoms with van der Waals surface area (Å²) in [6, 6.07) is 4.65. The Morgan fingerprint density at radius 2 is 1.59 bits per heavy atom. The second-order valence-electron chi connectivity index (χ2n) is 6.40. The van der Waals surface area contributed by atoms with Gasteiger partial charge in [-0.15, -0.1) is 0 Å². The smallest absolute Gasteiger partial charge is 0.325 e. The maximum atomic E-state index is 12.2. The van der Waals surface area contributed by atoms with Gasteiger partial charge in [0.1, 0.15) is 6.54 Å². The van der Waals surface area contributed by atoms with E-state index in [1.807, 2.05) is 27.7 Å². The van der Waals surface area contributed by atoms with Gasteiger partial charge in [0.15, 0.2) is 18.1 Å². The molecule has 2 amide bonds. The molecule has 8 nitrogen and oxygen atoms in total. The quantitative estimate of drug-likeness (QED) is 0.655. The van der Waals surface area contributed by atoms with E-state index in [0.717, 1.165) is 0 Å². The van der Waals surface area contributed by atoms with Crippen molar-refractivity contribution >= 4 is 17.8 Å². The van der Waals surface area contributed by atoms with Crippen LogP contribution in [0.4, 0.5) is 0 Å². The van der Waals surface area contributed by atoms with Crippen LogP contribution in [0.1, 0.15) is 38.1 Å². The number of rotatable bonds is 9. The van der Waals surface area contributed by atoms with Gasteiger partial charge in [0.2, 0.25) is 0 Å². The number of esters is 1. The molecule has 150 valence electrons. The molecule has 0 fully saturated rings. The normalized spacial score (nSPS) is 10.5. The number of ether oxygens (including phenoxy) is 3. The van der Waals surface area contributed by atoms with Crippen LogP contribution in [-0.4, -0.2) is 62.1 Å². The predicted octanol–water partition coefficient (Wildman–Crippen LogP) is 1.62. The van der Waals surface area contributed by atoms with Crippen LogP contribution >= 0.6 is 0 Å². The summed E-state index contributed by atoms with van der Waals surface area (Å²) in [7, 11) is 2.96. The first-order valence-corrected chi connectivity index (χ1v) is 8.68. The minimum atomic E-state index is -0.690. The second-order valence-corrected chi connectivity index (χ2v) is 6.40. The lowest BCUT2D eigenvalue weighted by Crippen LogP contribution is -2.44. The Bertz CT molecular complexity index is 664. The van der Waals surface area contributed by atoms with E-state index in [2.05, 4.69) is 5.32 Å². The Balaban J connectivity index is 2.55. The van der Waals surface area contributed by atoms with Gasteiger partial charge in [-0.1, -0.05) is 0 Å². The number of nitrogens with zero attached hydrogens (tertiary/aromatic N) is 1. The van der Waals surface area contributed by atoms with Crippen molar-refractivity contribution in [1.29, 1.82) is 0 Å². The van der Waals surface area contributed by atoms with Gasteiger partial charge in [0, 0.05) is 17.6 Å². The molecular weight excluding hydrogens is 352 g/mol. The number of methoxy groups -OCH3 is 2. The molecule has 1 aromatic rings. The Kier molecular flexibility index (Phi) is 8.58. The monoisotopic (exact) mass is 380 g/mol. The van der Waals surface area contributed by atoms with Crippen molar-refractivity contribution in [3.8, 4) is 11.5 Å². The summed E-state index contributed by atoms with van der Waals surface area (Å²) < 4.78 is 15.2. The predicted molar refractivity (Wildman–Crippen MR) is 100.0 cm³/mol. The maximum absolute atomic E-state index is 12.2. The summed E-state index contributed by atoms with van der Waals surface area (Å²) in [6.45, 7) is 6.86. The largest absolute Gasteiger partial charge is 0.493 e. The number of carbonyl (C=O) groups excluding carboxylic acids is 3. The molecule has 0 aliphatic heterocycles. The average Bonchev–Trinajstić information content (AvgIpc) is 2.63. The van der Waals surface area contributed by atoms with Gasteiger partial charge >= 0.3 is 5.97 Å². The molecule has 0 atom stereocenters. The van der Waals surface area contributed by atoms with Crippen molar-refractivity contribution in [2.45, 2.75) is 39.8 Å². The summed E-state index contributed by atoms with van der Waals surface area (Å²) in [5.74, 6) is -0.540. The molecule has 0 aliphatic rings. The molecule has 0 saturated carbocycles. The molecular formula is C19H28N2O6. The molecule has 0 saturated heterocycles. The minimum absolute atomic E-state index is 0.000886. The number of hydrogen-bond donors (Lipinski definition) is 1. The van der Waals surface area contributed by atoms with Gasteiger partial charge in [-0.3, -0.25) is 14.4 Å². The fourth-order valence-corrected chi connectivity index (χ4v) is 2.67. The SMILES string of the molecule is COc1ccc(C(=O)NCC(=O)OCC(=O)N(C(C)C)C(C)C)cc1OC. The highest BCUT2D eigenvalue weighted by Crippen LogP contribution is 2.27. The van der Waals surface area contributed by atoms with Gasteiger partial charge in [-0.25, -0.2) is 0 Å². The zero-order chi connectivity index (χ0) is 20.6. The zero-order valence-electron chi connectivity index (χ0n) is 16.7. The van der Waals surface area contributed by atoms with Gasteiger partial charge in [-0.05, 0) is 45.9 Å². The fourth-order valence-electron chi connectivity index (χ4n) is 2.67. The second kappa shape index (κ2) is 10.4. The van der Waals surface area contributed by atoms with E-state index in [9.17, 15) is 14.4 Å². The molecule has 0 bridgehead atoms. The lowest BCUT2D eigenvalue weighted by atomic mass is 10.2. The van der Waals surface area contributed by atoms with Crippen LogP contribution in [-0.2, 0) is 14.3 Å². The topological polar surface area (TPSA) is 94.2 Å². The van der Waals surface area contributed by atoms with Gasteiger partial charge in [0.05, 0.1) is 14.2 Å². The summed E-state index contributed by atoms with van der Waals surface area (Å²) in [6.07, 6.45) is 0. The maximum Gasteiger partial charge on any atom is 0.325 e. The van der Waals surface area contributed by atoms with E-state index in [0.29, 0.717) is 17.1 Å². The molecule has 8 heteroatoms. The summed E-state index contributed by atoms with van der Waals surface area (Å²) in [5, 5.41) is 2.45. The Hall–Kier alpha value is -2.77. The molecule has 0 heterocycles. The number of nitrogens with one attached hydrogen (secondary N) is 1. The van der Waals surface area contributed by atoms with Gasteiger partial charge < -0.3 is 24.4 Å². The summed E-state index contributed by atoms with van der Waals surface area (Å²) in [4.78, 5) is 37.8. The molecule has 0 spiro atoms. The van der Waals surface area contributed by atoms with Crippen LogP contribution in [0, 0.1) is 0 Å². The third-order valence-electron chi connectivity index (χ3n) is 3.80. The number of amides is 2. The first kappa shape index (κ1) is 22.3.